The summed E-state index contributed by atoms with van der Waals surface area (Å²) in [6.07, 6.45) is 5.23. The lowest BCUT2D eigenvalue weighted by molar-refractivity contribution is 0.0832. The zero-order chi connectivity index (χ0) is 15.4. The molecule has 0 aliphatic carbocycles. The van der Waals surface area contributed by atoms with Gasteiger partial charge in [-0.1, -0.05) is 60.7 Å². The number of amides is 1. The summed E-state index contributed by atoms with van der Waals surface area (Å²) < 4.78 is 0. The molecular formula is C19H15NO2. The van der Waals surface area contributed by atoms with Crippen molar-refractivity contribution < 1.29 is 9.59 Å². The number of Topliss-reactive ketones (excluding diaryl/α,β-unsaturated/α-hetero) is 1. The Labute approximate surface area is 129 Å². The zero-order valence-electron chi connectivity index (χ0n) is 12.0. The topological polar surface area (TPSA) is 37.4 Å². The third-order valence-electron chi connectivity index (χ3n) is 3.47. The number of hydrogen-bond donors (Lipinski definition) is 0. The normalized spacial score (nSPS) is 13.6. The fourth-order valence-corrected chi connectivity index (χ4v) is 2.34. The smallest absolute Gasteiger partial charge is 0.258 e. The molecule has 3 heteroatoms. The molecule has 0 saturated carbocycles. The third-order valence-corrected chi connectivity index (χ3v) is 3.47. The van der Waals surface area contributed by atoms with E-state index in [0.29, 0.717) is 23.2 Å². The van der Waals surface area contributed by atoms with Crippen LogP contribution in [-0.2, 0) is 0 Å². The summed E-state index contributed by atoms with van der Waals surface area (Å²) in [4.78, 5) is 26.4. The molecule has 1 aliphatic rings. The highest BCUT2D eigenvalue weighted by Gasteiger charge is 2.18. The molecule has 1 amide bonds. The van der Waals surface area contributed by atoms with Gasteiger partial charge in [-0.2, -0.15) is 0 Å². The van der Waals surface area contributed by atoms with Gasteiger partial charge in [0.25, 0.3) is 5.91 Å². The molecule has 0 fully saturated rings. The van der Waals surface area contributed by atoms with Gasteiger partial charge in [0.05, 0.1) is 0 Å². The number of rotatable bonds is 3. The predicted molar refractivity (Wildman–Crippen MR) is 85.5 cm³/mol. The van der Waals surface area contributed by atoms with Crippen LogP contribution in [0.15, 0.2) is 84.6 Å². The van der Waals surface area contributed by atoms with Crippen molar-refractivity contribution in [1.82, 2.24) is 4.90 Å². The maximum atomic E-state index is 12.4. The van der Waals surface area contributed by atoms with Crippen LogP contribution in [0.25, 0.3) is 0 Å². The van der Waals surface area contributed by atoms with Gasteiger partial charge in [0.15, 0.2) is 5.78 Å². The Balaban J connectivity index is 1.85. The van der Waals surface area contributed by atoms with Gasteiger partial charge in [0.1, 0.15) is 0 Å². The van der Waals surface area contributed by atoms with E-state index in [0.717, 1.165) is 0 Å². The molecule has 0 saturated heterocycles. The summed E-state index contributed by atoms with van der Waals surface area (Å²) >= 11 is 0. The van der Waals surface area contributed by atoms with E-state index in [9.17, 15) is 9.59 Å². The standard InChI is InChI=1S/C19H15NO2/c21-18(15-8-3-1-4-9-15)17-12-7-13-20(14-17)19(22)16-10-5-2-6-11-16/h1-12,14H,13H2. The van der Waals surface area contributed by atoms with E-state index in [-0.39, 0.29) is 11.7 Å². The Morgan fingerprint density at radius 2 is 1.41 bits per heavy atom. The van der Waals surface area contributed by atoms with Gasteiger partial charge >= 0.3 is 0 Å². The first-order chi connectivity index (χ1) is 10.8. The maximum absolute atomic E-state index is 12.4. The van der Waals surface area contributed by atoms with Gasteiger partial charge in [-0.3, -0.25) is 9.59 Å². The summed E-state index contributed by atoms with van der Waals surface area (Å²) in [5.74, 6) is -0.189. The first-order valence-electron chi connectivity index (χ1n) is 7.10. The summed E-state index contributed by atoms with van der Waals surface area (Å²) in [5, 5.41) is 0. The first-order valence-corrected chi connectivity index (χ1v) is 7.10. The predicted octanol–water partition coefficient (Wildman–Crippen LogP) is 3.47. The number of carbonyl (C=O) groups excluding carboxylic acids is 2. The summed E-state index contributed by atoms with van der Waals surface area (Å²) in [5.41, 5.74) is 1.75. The largest absolute Gasteiger partial charge is 0.310 e. The second-order valence-corrected chi connectivity index (χ2v) is 5.01. The van der Waals surface area contributed by atoms with Crippen LogP contribution in [0.1, 0.15) is 20.7 Å². The van der Waals surface area contributed by atoms with E-state index in [2.05, 4.69) is 0 Å². The van der Waals surface area contributed by atoms with Gasteiger partial charge < -0.3 is 4.90 Å². The van der Waals surface area contributed by atoms with Crippen LogP contribution in [0.4, 0.5) is 0 Å². The van der Waals surface area contributed by atoms with Crippen LogP contribution in [0.2, 0.25) is 0 Å². The molecule has 0 aromatic heterocycles. The minimum absolute atomic E-state index is 0.0811. The van der Waals surface area contributed by atoms with Crippen LogP contribution < -0.4 is 0 Å². The van der Waals surface area contributed by atoms with Crippen LogP contribution >= 0.6 is 0 Å². The fourth-order valence-electron chi connectivity index (χ4n) is 2.34. The van der Waals surface area contributed by atoms with E-state index in [4.69, 9.17) is 0 Å². The van der Waals surface area contributed by atoms with E-state index < -0.39 is 0 Å². The van der Waals surface area contributed by atoms with E-state index in [1.54, 1.807) is 41.4 Å². The number of allylic oxidation sites excluding steroid dienone is 2. The Morgan fingerprint density at radius 3 is 2.05 bits per heavy atom. The monoisotopic (exact) mass is 289 g/mol. The van der Waals surface area contributed by atoms with Crippen molar-refractivity contribution in [2.75, 3.05) is 6.54 Å². The van der Waals surface area contributed by atoms with Crippen molar-refractivity contribution in [3.05, 3.63) is 95.7 Å². The molecule has 0 atom stereocenters. The highest BCUT2D eigenvalue weighted by Crippen LogP contribution is 2.16. The number of ketones is 1. The molecule has 0 bridgehead atoms. The van der Waals surface area contributed by atoms with Crippen molar-refractivity contribution in [1.29, 1.82) is 0 Å². The molecule has 0 N–H and O–H groups in total. The highest BCUT2D eigenvalue weighted by atomic mass is 16.2. The van der Waals surface area contributed by atoms with Gasteiger partial charge in [-0.15, -0.1) is 0 Å². The average Bonchev–Trinajstić information content (AvgIpc) is 2.62. The Bertz CT molecular complexity index is 746. The number of carbonyl (C=O) groups is 2. The van der Waals surface area contributed by atoms with Gasteiger partial charge in [0.2, 0.25) is 0 Å². The minimum atomic E-state index is -0.108. The Morgan fingerprint density at radius 1 is 0.818 bits per heavy atom. The average molecular weight is 289 g/mol. The first kappa shape index (κ1) is 14.0. The van der Waals surface area contributed by atoms with E-state index in [1.807, 2.05) is 42.5 Å². The SMILES string of the molecule is O=C(C1=CN(C(=O)c2ccccc2)CC=C1)c1ccccc1. The second-order valence-electron chi connectivity index (χ2n) is 5.01. The molecule has 0 radical (unpaired) electrons. The summed E-state index contributed by atoms with van der Waals surface area (Å²) in [6.45, 7) is 0.472. The lowest BCUT2D eigenvalue weighted by atomic mass is 10.0. The van der Waals surface area contributed by atoms with Crippen LogP contribution in [-0.4, -0.2) is 23.1 Å². The zero-order valence-corrected chi connectivity index (χ0v) is 12.0. The summed E-state index contributed by atoms with van der Waals surface area (Å²) in [6, 6.07) is 18.1. The van der Waals surface area contributed by atoms with Crippen molar-refractivity contribution in [2.45, 2.75) is 0 Å². The summed E-state index contributed by atoms with van der Waals surface area (Å²) in [7, 11) is 0. The van der Waals surface area contributed by atoms with Crippen LogP contribution in [0.3, 0.4) is 0 Å². The Kier molecular flexibility index (Phi) is 3.97. The molecule has 1 heterocycles. The highest BCUT2D eigenvalue weighted by molar-refractivity contribution is 6.11. The molecule has 1 aliphatic heterocycles. The molecule has 108 valence electrons. The molecule has 2 aromatic rings. The second kappa shape index (κ2) is 6.22. The minimum Gasteiger partial charge on any atom is -0.310 e. The lowest BCUT2D eigenvalue weighted by Crippen LogP contribution is -2.29. The molecule has 3 nitrogen and oxygen atoms in total. The molecule has 0 unspecified atom stereocenters. The van der Waals surface area contributed by atoms with Crippen LogP contribution in [0.5, 0.6) is 0 Å². The molecule has 3 rings (SSSR count). The van der Waals surface area contributed by atoms with Crippen molar-refractivity contribution in [2.24, 2.45) is 0 Å². The molecule has 22 heavy (non-hydrogen) atoms. The quantitative estimate of drug-likeness (QED) is 0.811. The lowest BCUT2D eigenvalue weighted by Gasteiger charge is -2.21. The number of benzene rings is 2. The number of hydrogen-bond acceptors (Lipinski definition) is 2. The Hall–Kier alpha value is -2.94. The third kappa shape index (κ3) is 2.88. The van der Waals surface area contributed by atoms with E-state index >= 15 is 0 Å². The molecular weight excluding hydrogens is 274 g/mol. The van der Waals surface area contributed by atoms with Gasteiger partial charge in [0, 0.05) is 29.4 Å². The van der Waals surface area contributed by atoms with Gasteiger partial charge in [-0.05, 0) is 12.1 Å². The maximum Gasteiger partial charge on any atom is 0.258 e. The molecule has 0 spiro atoms. The fraction of sp³-hybridized carbons (Fsp3) is 0.0526. The van der Waals surface area contributed by atoms with Crippen LogP contribution in [0, 0.1) is 0 Å². The van der Waals surface area contributed by atoms with Gasteiger partial charge in [-0.25, -0.2) is 0 Å². The van der Waals surface area contributed by atoms with Crippen molar-refractivity contribution in [3.8, 4) is 0 Å². The molecule has 2 aromatic carbocycles. The van der Waals surface area contributed by atoms with E-state index in [1.165, 1.54) is 0 Å². The number of nitrogens with zero attached hydrogens (tertiary/aromatic N) is 1. The van der Waals surface area contributed by atoms with Crippen molar-refractivity contribution in [3.63, 3.8) is 0 Å². The van der Waals surface area contributed by atoms with Crippen molar-refractivity contribution >= 4 is 11.7 Å².